The summed E-state index contributed by atoms with van der Waals surface area (Å²) in [4.78, 5) is 4.82. The van der Waals surface area contributed by atoms with Gasteiger partial charge in [-0.1, -0.05) is 68.9 Å². The fourth-order valence-corrected chi connectivity index (χ4v) is 5.37. The highest BCUT2D eigenvalue weighted by Gasteiger charge is 2.19. The third-order valence-electron chi connectivity index (χ3n) is 5.54. The van der Waals surface area contributed by atoms with Crippen molar-refractivity contribution in [2.75, 3.05) is 0 Å². The van der Waals surface area contributed by atoms with E-state index in [0.717, 1.165) is 33.2 Å². The molecular weight excluding hydrogens is 448 g/mol. The van der Waals surface area contributed by atoms with Crippen LogP contribution in [-0.4, -0.2) is 19.7 Å². The molecule has 172 valence electrons. The van der Waals surface area contributed by atoms with Crippen LogP contribution in [0.4, 0.5) is 0 Å². The van der Waals surface area contributed by atoms with E-state index in [2.05, 4.69) is 79.7 Å². The maximum Gasteiger partial charge on any atom is 0.191 e. The van der Waals surface area contributed by atoms with Gasteiger partial charge in [0.15, 0.2) is 17.1 Å². The highest BCUT2D eigenvalue weighted by molar-refractivity contribution is 7.98. The zero-order chi connectivity index (χ0) is 23.6. The summed E-state index contributed by atoms with van der Waals surface area (Å²) in [5, 5.41) is 12.8. The first kappa shape index (κ1) is 23.5. The van der Waals surface area contributed by atoms with Crippen LogP contribution in [0.1, 0.15) is 56.4 Å². The van der Waals surface area contributed by atoms with E-state index >= 15 is 0 Å². The quantitative estimate of drug-likeness (QED) is 0.268. The van der Waals surface area contributed by atoms with Crippen LogP contribution in [0.2, 0.25) is 0 Å². The van der Waals surface area contributed by atoms with Crippen LogP contribution < -0.4 is 4.74 Å². The number of hydrogen-bond donors (Lipinski definition) is 0. The molecule has 2 aromatic carbocycles. The molecule has 0 saturated heterocycles. The van der Waals surface area contributed by atoms with Gasteiger partial charge in [-0.25, -0.2) is 4.98 Å². The Hall–Kier alpha value is -2.64. The summed E-state index contributed by atoms with van der Waals surface area (Å²) < 4.78 is 8.15. The summed E-state index contributed by atoms with van der Waals surface area (Å²) in [7, 11) is 1.99. The lowest BCUT2D eigenvalue weighted by molar-refractivity contribution is 0.211. The Bertz CT molecular complexity index is 1220. The smallest absolute Gasteiger partial charge is 0.191 e. The minimum atomic E-state index is -0.204. The lowest BCUT2D eigenvalue weighted by atomic mass is 9.87. The molecule has 1 atom stereocenters. The summed E-state index contributed by atoms with van der Waals surface area (Å²) in [6, 6.07) is 16.7. The van der Waals surface area contributed by atoms with Gasteiger partial charge in [-0.15, -0.1) is 21.5 Å². The van der Waals surface area contributed by atoms with Crippen molar-refractivity contribution in [3.05, 3.63) is 76.6 Å². The fourth-order valence-electron chi connectivity index (χ4n) is 3.54. The Kier molecular flexibility index (Phi) is 6.91. The van der Waals surface area contributed by atoms with Crippen LogP contribution in [-0.2, 0) is 18.2 Å². The normalized spacial score (nSPS) is 12.7. The van der Waals surface area contributed by atoms with E-state index in [1.807, 2.05) is 30.7 Å². The minimum absolute atomic E-state index is 0.123. The lowest BCUT2D eigenvalue weighted by Gasteiger charge is -2.20. The average molecular weight is 479 g/mol. The molecule has 0 saturated carbocycles. The fraction of sp³-hybridized carbons (Fsp3) is 0.346. The summed E-state index contributed by atoms with van der Waals surface area (Å²) in [6.07, 6.45) is -0.204. The van der Waals surface area contributed by atoms with Crippen molar-refractivity contribution in [1.82, 2.24) is 19.7 Å². The molecule has 0 aliphatic rings. The van der Waals surface area contributed by atoms with E-state index in [9.17, 15) is 0 Å². The van der Waals surface area contributed by atoms with Gasteiger partial charge in [-0.2, -0.15) is 0 Å². The van der Waals surface area contributed by atoms with Crippen molar-refractivity contribution >= 4 is 23.1 Å². The van der Waals surface area contributed by atoms with Gasteiger partial charge in [0.2, 0.25) is 0 Å². The van der Waals surface area contributed by atoms with Gasteiger partial charge >= 0.3 is 0 Å². The second-order valence-electron chi connectivity index (χ2n) is 9.18. The van der Waals surface area contributed by atoms with Gasteiger partial charge in [-0.3, -0.25) is 0 Å². The largest absolute Gasteiger partial charge is 0.483 e. The number of ether oxygens (including phenoxy) is 1. The molecule has 0 fully saturated rings. The molecule has 7 heteroatoms. The van der Waals surface area contributed by atoms with E-state index in [4.69, 9.17) is 9.72 Å². The number of aryl methyl sites for hydroxylation is 1. The summed E-state index contributed by atoms with van der Waals surface area (Å²) in [5.74, 6) is 2.38. The summed E-state index contributed by atoms with van der Waals surface area (Å²) >= 11 is 3.32. The molecule has 0 aliphatic heterocycles. The van der Waals surface area contributed by atoms with Crippen LogP contribution in [0.25, 0.3) is 10.6 Å². The van der Waals surface area contributed by atoms with Crippen molar-refractivity contribution in [2.45, 2.75) is 57.0 Å². The van der Waals surface area contributed by atoms with E-state index in [-0.39, 0.29) is 11.5 Å². The Balaban J connectivity index is 1.39. The maximum atomic E-state index is 6.15. The molecule has 0 aliphatic carbocycles. The topological polar surface area (TPSA) is 52.8 Å². The number of aromatic nitrogens is 4. The standard InChI is InChI=1S/C26H30N4OS2/c1-17-9-7-8-10-22(17)24-27-20(15-32-24)16-33-25-29-28-23(30(25)6)18(2)31-21-13-11-19(12-14-21)26(3,4)5/h7-15,18H,16H2,1-6H3. The number of benzene rings is 2. The molecule has 1 unspecified atom stereocenters. The first-order valence-corrected chi connectivity index (χ1v) is 12.9. The Labute approximate surface area is 204 Å². The average Bonchev–Trinajstić information content (AvgIpc) is 3.39. The van der Waals surface area contributed by atoms with Crippen molar-refractivity contribution in [2.24, 2.45) is 7.05 Å². The number of hydrogen-bond acceptors (Lipinski definition) is 6. The third-order valence-corrected chi connectivity index (χ3v) is 7.52. The van der Waals surface area contributed by atoms with Gasteiger partial charge in [0.25, 0.3) is 0 Å². The van der Waals surface area contributed by atoms with E-state index in [1.165, 1.54) is 16.7 Å². The van der Waals surface area contributed by atoms with Crippen LogP contribution in [0, 0.1) is 6.92 Å². The zero-order valence-corrected chi connectivity index (χ0v) is 21.6. The second kappa shape index (κ2) is 9.69. The molecule has 2 aromatic heterocycles. The van der Waals surface area contributed by atoms with Crippen LogP contribution in [0.3, 0.4) is 0 Å². The summed E-state index contributed by atoms with van der Waals surface area (Å²) in [5.41, 5.74) is 4.90. The van der Waals surface area contributed by atoms with Gasteiger partial charge < -0.3 is 9.30 Å². The molecule has 0 amide bonds. The number of thiazole rings is 1. The predicted octanol–water partition coefficient (Wildman–Crippen LogP) is 6.98. The Morgan fingerprint density at radius 3 is 2.48 bits per heavy atom. The molecular formula is C26H30N4OS2. The molecule has 4 aromatic rings. The second-order valence-corrected chi connectivity index (χ2v) is 11.0. The SMILES string of the molecule is Cc1ccccc1-c1nc(CSc2nnc(C(C)Oc3ccc(C(C)(C)C)cc3)n2C)cs1. The van der Waals surface area contributed by atoms with Crippen molar-refractivity contribution in [3.63, 3.8) is 0 Å². The van der Waals surface area contributed by atoms with Gasteiger partial charge in [0, 0.05) is 23.7 Å². The Morgan fingerprint density at radius 2 is 1.79 bits per heavy atom. The zero-order valence-electron chi connectivity index (χ0n) is 20.0. The van der Waals surface area contributed by atoms with Crippen LogP contribution in [0.5, 0.6) is 5.75 Å². The molecule has 5 nitrogen and oxygen atoms in total. The van der Waals surface area contributed by atoms with Gasteiger partial charge in [0.05, 0.1) is 5.69 Å². The van der Waals surface area contributed by atoms with E-state index < -0.39 is 0 Å². The predicted molar refractivity (Wildman–Crippen MR) is 137 cm³/mol. The highest BCUT2D eigenvalue weighted by Crippen LogP contribution is 2.30. The number of thioether (sulfide) groups is 1. The van der Waals surface area contributed by atoms with Gasteiger partial charge in [0.1, 0.15) is 10.8 Å². The summed E-state index contributed by atoms with van der Waals surface area (Å²) in [6.45, 7) is 10.7. The van der Waals surface area contributed by atoms with Crippen molar-refractivity contribution in [3.8, 4) is 16.3 Å². The van der Waals surface area contributed by atoms with Crippen LogP contribution in [0.15, 0.2) is 59.1 Å². The van der Waals surface area contributed by atoms with Crippen molar-refractivity contribution in [1.29, 1.82) is 0 Å². The first-order valence-electron chi connectivity index (χ1n) is 11.0. The maximum absolute atomic E-state index is 6.15. The van der Waals surface area contributed by atoms with Crippen molar-refractivity contribution < 1.29 is 4.74 Å². The monoisotopic (exact) mass is 478 g/mol. The number of nitrogens with zero attached hydrogens (tertiary/aromatic N) is 4. The number of rotatable bonds is 7. The van der Waals surface area contributed by atoms with E-state index in [1.54, 1.807) is 23.1 Å². The molecule has 0 radical (unpaired) electrons. The third kappa shape index (κ3) is 5.47. The molecule has 0 bridgehead atoms. The molecule has 2 heterocycles. The van der Waals surface area contributed by atoms with Crippen LogP contribution >= 0.6 is 23.1 Å². The molecule has 4 rings (SSSR count). The minimum Gasteiger partial charge on any atom is -0.483 e. The van der Waals surface area contributed by atoms with E-state index in [0.29, 0.717) is 0 Å². The first-order chi connectivity index (χ1) is 15.7. The Morgan fingerprint density at radius 1 is 1.06 bits per heavy atom. The molecule has 0 N–H and O–H groups in total. The molecule has 33 heavy (non-hydrogen) atoms. The molecule has 0 spiro atoms. The van der Waals surface area contributed by atoms with Gasteiger partial charge in [-0.05, 0) is 42.5 Å². The lowest BCUT2D eigenvalue weighted by Crippen LogP contribution is -2.12. The highest BCUT2D eigenvalue weighted by atomic mass is 32.2.